The number of benzene rings is 1. The number of nitrogens with zero attached hydrogens (tertiary/aromatic N) is 2. The quantitative estimate of drug-likeness (QED) is 0.505. The zero-order valence-electron chi connectivity index (χ0n) is 17.8. The van der Waals surface area contributed by atoms with Crippen molar-refractivity contribution in [2.75, 3.05) is 16.8 Å². The Balaban J connectivity index is 1.54. The molecule has 29 heavy (non-hydrogen) atoms. The summed E-state index contributed by atoms with van der Waals surface area (Å²) in [6, 6.07) is 4.96. The fraction of sp³-hybridized carbons (Fsp3) is 0.609. The fourth-order valence-corrected chi connectivity index (χ4v) is 4.11. The van der Waals surface area contributed by atoms with E-state index in [-0.39, 0.29) is 5.91 Å². The van der Waals surface area contributed by atoms with E-state index in [9.17, 15) is 9.59 Å². The van der Waals surface area contributed by atoms with Crippen LogP contribution in [0.25, 0.3) is 0 Å². The zero-order chi connectivity index (χ0) is 20.6. The van der Waals surface area contributed by atoms with Gasteiger partial charge in [-0.3, -0.25) is 10.1 Å². The van der Waals surface area contributed by atoms with Crippen molar-refractivity contribution < 1.29 is 9.59 Å². The lowest BCUT2D eigenvalue weighted by molar-refractivity contribution is -0.119. The fourth-order valence-electron chi connectivity index (χ4n) is 4.11. The second kappa shape index (κ2) is 10.4. The first-order valence-electron chi connectivity index (χ1n) is 11.2. The monoisotopic (exact) mass is 398 g/mol. The molecule has 0 aromatic heterocycles. The molecular weight excluding hydrogens is 364 g/mol. The van der Waals surface area contributed by atoms with E-state index < -0.39 is 12.1 Å². The predicted molar refractivity (Wildman–Crippen MR) is 119 cm³/mol. The van der Waals surface area contributed by atoms with Crippen LogP contribution in [0.2, 0.25) is 0 Å². The van der Waals surface area contributed by atoms with Crippen molar-refractivity contribution in [3.63, 3.8) is 0 Å². The van der Waals surface area contributed by atoms with E-state index in [1.54, 1.807) is 0 Å². The first-order valence-corrected chi connectivity index (χ1v) is 11.2. The first kappa shape index (κ1) is 21.3. The van der Waals surface area contributed by atoms with Gasteiger partial charge in [0.2, 0.25) is 0 Å². The van der Waals surface area contributed by atoms with Crippen molar-refractivity contribution in [2.45, 2.75) is 84.1 Å². The maximum atomic E-state index is 12.3. The van der Waals surface area contributed by atoms with Crippen molar-refractivity contribution in [1.82, 2.24) is 5.32 Å². The zero-order valence-corrected chi connectivity index (χ0v) is 17.8. The number of anilines is 2. The molecule has 1 unspecified atom stereocenters. The van der Waals surface area contributed by atoms with E-state index in [2.05, 4.69) is 33.5 Å². The highest BCUT2D eigenvalue weighted by Crippen LogP contribution is 2.34. The summed E-state index contributed by atoms with van der Waals surface area (Å²) < 4.78 is 0. The Morgan fingerprint density at radius 2 is 1.62 bits per heavy atom. The summed E-state index contributed by atoms with van der Waals surface area (Å²) in [4.78, 5) is 30.3. The molecule has 2 heterocycles. The molecular formula is C23H34N4O2. The Kier molecular flexibility index (Phi) is 7.67. The predicted octanol–water partition coefficient (Wildman–Crippen LogP) is 5.16. The number of fused-ring (bicyclic) bond motifs is 2. The van der Waals surface area contributed by atoms with Crippen molar-refractivity contribution in [3.8, 4) is 0 Å². The number of amides is 3. The van der Waals surface area contributed by atoms with Gasteiger partial charge in [0, 0.05) is 6.54 Å². The largest absolute Gasteiger partial charge is 0.366 e. The third-order valence-electron chi connectivity index (χ3n) is 5.72. The van der Waals surface area contributed by atoms with Crippen molar-refractivity contribution in [2.24, 2.45) is 4.99 Å². The minimum Gasteiger partial charge on any atom is -0.366 e. The Hall–Kier alpha value is -2.37. The molecule has 2 N–H and O–H groups in total. The molecule has 0 radical (unpaired) electrons. The summed E-state index contributed by atoms with van der Waals surface area (Å²) in [6.07, 6.45) is 12.7. The molecule has 6 heteroatoms. The summed E-state index contributed by atoms with van der Waals surface area (Å²) in [5, 5.41) is 5.54. The van der Waals surface area contributed by atoms with Gasteiger partial charge in [-0.1, -0.05) is 70.8 Å². The highest BCUT2D eigenvalue weighted by Gasteiger charge is 2.39. The number of unbranched alkanes of at least 4 members (excludes halogenated alkanes) is 9. The summed E-state index contributed by atoms with van der Waals surface area (Å²) in [7, 11) is 0. The molecule has 158 valence electrons. The molecule has 0 fully saturated rings. The number of amidine groups is 1. The smallest absolute Gasteiger partial charge is 0.349 e. The van der Waals surface area contributed by atoms with Crippen LogP contribution < -0.4 is 15.5 Å². The summed E-state index contributed by atoms with van der Waals surface area (Å²) in [5.41, 5.74) is 3.04. The molecule has 1 aromatic carbocycles. The average Bonchev–Trinajstić information content (AvgIpc) is 2.69. The Bertz CT molecular complexity index is 759. The molecule has 2 aliphatic rings. The van der Waals surface area contributed by atoms with Gasteiger partial charge < -0.3 is 10.2 Å². The number of imide groups is 1. The summed E-state index contributed by atoms with van der Waals surface area (Å²) >= 11 is 0. The van der Waals surface area contributed by atoms with Gasteiger partial charge in [0.05, 0.1) is 11.4 Å². The minimum atomic E-state index is -0.606. The number of aryl methyl sites for hydroxylation is 1. The molecule has 0 saturated carbocycles. The van der Waals surface area contributed by atoms with E-state index in [4.69, 9.17) is 0 Å². The number of rotatable bonds is 11. The van der Waals surface area contributed by atoms with Crippen molar-refractivity contribution in [3.05, 3.63) is 23.8 Å². The lowest BCUT2D eigenvalue weighted by Crippen LogP contribution is -2.59. The molecule has 3 rings (SSSR count). The van der Waals surface area contributed by atoms with E-state index in [0.29, 0.717) is 5.84 Å². The van der Waals surface area contributed by atoms with Gasteiger partial charge >= 0.3 is 6.03 Å². The maximum absolute atomic E-state index is 12.3. The average molecular weight is 399 g/mol. The number of urea groups is 1. The van der Waals surface area contributed by atoms with Gasteiger partial charge in [0.25, 0.3) is 5.91 Å². The first-order chi connectivity index (χ1) is 14.1. The second-order valence-corrected chi connectivity index (χ2v) is 8.20. The van der Waals surface area contributed by atoms with Crippen LogP contribution in [0.4, 0.5) is 16.2 Å². The minimum absolute atomic E-state index is 0.333. The lowest BCUT2D eigenvalue weighted by Gasteiger charge is -2.39. The molecule has 0 spiro atoms. The van der Waals surface area contributed by atoms with Gasteiger partial charge in [-0.15, -0.1) is 0 Å². The van der Waals surface area contributed by atoms with Crippen molar-refractivity contribution in [1.29, 1.82) is 0 Å². The number of carbonyl (C=O) groups is 2. The van der Waals surface area contributed by atoms with Crippen LogP contribution >= 0.6 is 0 Å². The van der Waals surface area contributed by atoms with Gasteiger partial charge in [0.15, 0.2) is 6.04 Å². The van der Waals surface area contributed by atoms with E-state index in [1.807, 2.05) is 19.1 Å². The Morgan fingerprint density at radius 1 is 0.966 bits per heavy atom. The Labute approximate surface area is 174 Å². The highest BCUT2D eigenvalue weighted by atomic mass is 16.2. The third kappa shape index (κ3) is 5.58. The number of nitrogens with one attached hydrogen (secondary N) is 2. The highest BCUT2D eigenvalue weighted by molar-refractivity contribution is 6.26. The second-order valence-electron chi connectivity index (χ2n) is 8.20. The van der Waals surface area contributed by atoms with Crippen LogP contribution in [0.3, 0.4) is 0 Å². The number of hydrogen-bond donors (Lipinski definition) is 2. The van der Waals surface area contributed by atoms with Gasteiger partial charge in [0.1, 0.15) is 5.84 Å². The van der Waals surface area contributed by atoms with E-state index in [0.717, 1.165) is 36.3 Å². The van der Waals surface area contributed by atoms with Crippen LogP contribution in [-0.2, 0) is 4.79 Å². The Morgan fingerprint density at radius 3 is 2.31 bits per heavy atom. The summed E-state index contributed by atoms with van der Waals surface area (Å²) in [5.74, 6) is 0.186. The maximum Gasteiger partial charge on any atom is 0.349 e. The lowest BCUT2D eigenvalue weighted by atomic mass is 10.0. The van der Waals surface area contributed by atoms with Crippen LogP contribution in [0, 0.1) is 6.92 Å². The van der Waals surface area contributed by atoms with E-state index in [1.165, 1.54) is 51.4 Å². The van der Waals surface area contributed by atoms with Gasteiger partial charge in [-0.25, -0.2) is 4.79 Å². The molecule has 0 bridgehead atoms. The molecule has 2 aliphatic heterocycles. The molecule has 1 aromatic rings. The van der Waals surface area contributed by atoms with E-state index >= 15 is 0 Å². The van der Waals surface area contributed by atoms with Crippen molar-refractivity contribution >= 4 is 29.1 Å². The SMILES string of the molecule is CCCCCCCCCCCCN1C2=NC(=O)NC(=O)C2Nc2cc(C)ccc21. The number of aliphatic imine (C=N–C) groups is 1. The van der Waals surface area contributed by atoms with Gasteiger partial charge in [-0.2, -0.15) is 4.99 Å². The van der Waals surface area contributed by atoms with Crippen LogP contribution in [-0.4, -0.2) is 30.4 Å². The molecule has 0 saturated heterocycles. The molecule has 6 nitrogen and oxygen atoms in total. The topological polar surface area (TPSA) is 73.8 Å². The molecule has 3 amide bonds. The van der Waals surface area contributed by atoms with Crippen LogP contribution in [0.1, 0.15) is 76.7 Å². The normalized spacial score (nSPS) is 17.9. The third-order valence-corrected chi connectivity index (χ3v) is 5.72. The number of carbonyl (C=O) groups excluding carboxylic acids is 2. The molecule has 0 aliphatic carbocycles. The molecule has 1 atom stereocenters. The summed E-state index contributed by atoms with van der Waals surface area (Å²) in [6.45, 7) is 5.05. The van der Waals surface area contributed by atoms with Crippen LogP contribution in [0.15, 0.2) is 23.2 Å². The van der Waals surface area contributed by atoms with Gasteiger partial charge in [-0.05, 0) is 31.0 Å². The van der Waals surface area contributed by atoms with Crippen LogP contribution in [0.5, 0.6) is 0 Å². The standard InChI is InChI=1S/C23H34N4O2/c1-3-4-5-6-7-8-9-10-11-12-15-27-19-14-13-17(2)16-18(19)24-20-21(27)25-23(29)26-22(20)28/h13-14,16,20,24H,3-12,15H2,1-2H3,(H,26,28,29). The number of hydrogen-bond acceptors (Lipinski definition) is 4.